The van der Waals surface area contributed by atoms with Gasteiger partial charge in [-0.2, -0.15) is 0 Å². The monoisotopic (exact) mass is 246 g/mol. The summed E-state index contributed by atoms with van der Waals surface area (Å²) in [6, 6.07) is 0. The second-order valence-corrected chi connectivity index (χ2v) is 1.15. The van der Waals surface area contributed by atoms with Crippen LogP contribution in [0, 0.1) is 0 Å². The van der Waals surface area contributed by atoms with Crippen molar-refractivity contribution in [1.82, 2.24) is 0 Å². The molecular formula is C4H8MoN2O4. The molecule has 7 heteroatoms. The number of rotatable bonds is 2. The molecule has 0 saturated heterocycles. The minimum absolute atomic E-state index is 0. The van der Waals surface area contributed by atoms with Gasteiger partial charge in [0.1, 0.15) is 0 Å². The fourth-order valence-electron chi connectivity index (χ4n) is 0. The van der Waals surface area contributed by atoms with Gasteiger partial charge in [-0.1, -0.05) is 0 Å². The smallest absolute Gasteiger partial charge is 0.549 e. The normalized spacial score (nSPS) is 6.73. The quantitative estimate of drug-likeness (QED) is 0.469. The Bertz CT molecular complexity index is 105. The van der Waals surface area contributed by atoms with Crippen molar-refractivity contribution in [1.29, 1.82) is 0 Å². The molecule has 6 nitrogen and oxygen atoms in total. The summed E-state index contributed by atoms with van der Waals surface area (Å²) < 4.78 is 0. The molecule has 0 aromatic heterocycles. The van der Waals surface area contributed by atoms with Crippen LogP contribution in [0.25, 0.3) is 0 Å². The summed E-state index contributed by atoms with van der Waals surface area (Å²) in [5.41, 5.74) is 9.02. The molecular weight excluding hydrogens is 236 g/mol. The van der Waals surface area contributed by atoms with Crippen LogP contribution >= 0.6 is 0 Å². The molecule has 0 spiro atoms. The number of hydrogen-bond donors (Lipinski definition) is 2. The second-order valence-electron chi connectivity index (χ2n) is 1.15. The Hall–Kier alpha value is -0.452. The third-order valence-corrected chi connectivity index (χ3v) is 0.333. The number of carbonyl (C=O) groups excluding carboxylic acids is 2. The molecule has 64 valence electrons. The van der Waals surface area contributed by atoms with Crippen LogP contribution in [0.15, 0.2) is 0 Å². The van der Waals surface area contributed by atoms with Crippen molar-refractivity contribution in [3.05, 3.63) is 0 Å². The van der Waals surface area contributed by atoms with Crippen LogP contribution in [-0.2, 0) is 30.7 Å². The SMILES string of the molecule is NCC(=O)[O-].NCC(=O)[O-].[Mo+2]. The van der Waals surface area contributed by atoms with Gasteiger partial charge in [0.2, 0.25) is 0 Å². The van der Waals surface area contributed by atoms with Crippen LogP contribution in [0.1, 0.15) is 0 Å². The van der Waals surface area contributed by atoms with E-state index in [4.69, 9.17) is 19.8 Å². The van der Waals surface area contributed by atoms with E-state index in [1.54, 1.807) is 0 Å². The van der Waals surface area contributed by atoms with E-state index in [9.17, 15) is 0 Å². The molecule has 4 N–H and O–H groups in total. The van der Waals surface area contributed by atoms with Gasteiger partial charge in [-0.05, 0) is 0 Å². The van der Waals surface area contributed by atoms with E-state index in [1.807, 2.05) is 0 Å². The summed E-state index contributed by atoms with van der Waals surface area (Å²) in [5, 5.41) is 18.3. The van der Waals surface area contributed by atoms with Gasteiger partial charge < -0.3 is 31.3 Å². The van der Waals surface area contributed by atoms with Gasteiger partial charge in [0.05, 0.1) is 11.9 Å². The fourth-order valence-corrected chi connectivity index (χ4v) is 0. The fraction of sp³-hybridized carbons (Fsp3) is 0.500. The number of hydrogen-bond acceptors (Lipinski definition) is 6. The van der Waals surface area contributed by atoms with E-state index < -0.39 is 11.9 Å². The van der Waals surface area contributed by atoms with E-state index in [2.05, 4.69) is 11.5 Å². The Labute approximate surface area is 77.8 Å². The Kier molecular flexibility index (Phi) is 18.8. The predicted molar refractivity (Wildman–Crippen MR) is 28.1 cm³/mol. The molecule has 0 aliphatic carbocycles. The number of aliphatic carboxylic acids is 2. The Balaban J connectivity index is -0.000000107. The number of carboxylic acids is 2. The van der Waals surface area contributed by atoms with Crippen LogP contribution in [0.3, 0.4) is 0 Å². The minimum atomic E-state index is -1.22. The maximum absolute atomic E-state index is 9.13. The van der Waals surface area contributed by atoms with Crippen LogP contribution in [0.2, 0.25) is 0 Å². The molecule has 0 aromatic carbocycles. The third-order valence-electron chi connectivity index (χ3n) is 0.333. The first-order valence-electron chi connectivity index (χ1n) is 2.34. The van der Waals surface area contributed by atoms with Gasteiger partial charge in [0, 0.05) is 13.1 Å². The summed E-state index contributed by atoms with van der Waals surface area (Å²) in [4.78, 5) is 18.3. The number of carbonyl (C=O) groups is 2. The average Bonchev–Trinajstić information content (AvgIpc) is 1.89. The molecule has 0 unspecified atom stereocenters. The first kappa shape index (κ1) is 16.9. The van der Waals surface area contributed by atoms with E-state index in [1.165, 1.54) is 0 Å². The standard InChI is InChI=1S/2C2H5NO2.Mo/c2*3-1-2(4)5;/h2*1,3H2,(H,4,5);/q;;+2/p-2. The first-order valence-corrected chi connectivity index (χ1v) is 2.34. The second kappa shape index (κ2) is 12.2. The van der Waals surface area contributed by atoms with E-state index >= 15 is 0 Å². The van der Waals surface area contributed by atoms with Crippen molar-refractivity contribution in [2.45, 2.75) is 0 Å². The molecule has 0 bridgehead atoms. The van der Waals surface area contributed by atoms with E-state index in [0.717, 1.165) is 0 Å². The van der Waals surface area contributed by atoms with Crippen LogP contribution in [0.5, 0.6) is 0 Å². The number of carboxylic acid groups (broad SMARTS) is 2. The van der Waals surface area contributed by atoms with Gasteiger partial charge >= 0.3 is 21.1 Å². The molecule has 0 aliphatic rings. The number of nitrogens with two attached hydrogens (primary N) is 2. The summed E-state index contributed by atoms with van der Waals surface area (Å²) in [5.74, 6) is -2.44. The zero-order chi connectivity index (χ0) is 8.57. The summed E-state index contributed by atoms with van der Waals surface area (Å²) in [6.45, 7) is -0.778. The van der Waals surface area contributed by atoms with Gasteiger partial charge in [0.25, 0.3) is 0 Å². The molecule has 0 aliphatic heterocycles. The van der Waals surface area contributed by atoms with Crippen molar-refractivity contribution in [3.8, 4) is 0 Å². The Morgan fingerprint density at radius 3 is 1.09 bits per heavy atom. The van der Waals surface area contributed by atoms with Crippen molar-refractivity contribution < 1.29 is 40.9 Å². The Morgan fingerprint density at radius 2 is 1.09 bits per heavy atom. The van der Waals surface area contributed by atoms with E-state index in [-0.39, 0.29) is 34.2 Å². The molecule has 11 heavy (non-hydrogen) atoms. The largest absolute Gasteiger partial charge is 2.00 e. The molecule has 0 saturated carbocycles. The van der Waals surface area contributed by atoms with Crippen molar-refractivity contribution in [2.24, 2.45) is 11.5 Å². The summed E-state index contributed by atoms with van der Waals surface area (Å²) in [7, 11) is 0. The Morgan fingerprint density at radius 1 is 1.00 bits per heavy atom. The van der Waals surface area contributed by atoms with E-state index in [0.29, 0.717) is 0 Å². The maximum atomic E-state index is 9.13. The molecule has 0 radical (unpaired) electrons. The maximum Gasteiger partial charge on any atom is 2.00 e. The van der Waals surface area contributed by atoms with Gasteiger partial charge in [-0.3, -0.25) is 0 Å². The predicted octanol–water partition coefficient (Wildman–Crippen LogP) is -4.61. The summed E-state index contributed by atoms with van der Waals surface area (Å²) in [6.07, 6.45) is 0. The van der Waals surface area contributed by atoms with Crippen molar-refractivity contribution >= 4 is 11.9 Å². The minimum Gasteiger partial charge on any atom is -0.549 e. The zero-order valence-corrected chi connectivity index (χ0v) is 7.62. The van der Waals surface area contributed by atoms with Gasteiger partial charge in [0.15, 0.2) is 0 Å². The van der Waals surface area contributed by atoms with Crippen LogP contribution in [0.4, 0.5) is 0 Å². The molecule has 0 amide bonds. The molecule has 0 fully saturated rings. The van der Waals surface area contributed by atoms with Crippen molar-refractivity contribution in [2.75, 3.05) is 13.1 Å². The van der Waals surface area contributed by atoms with Crippen molar-refractivity contribution in [3.63, 3.8) is 0 Å². The molecule has 0 heterocycles. The van der Waals surface area contributed by atoms with Gasteiger partial charge in [-0.15, -0.1) is 0 Å². The van der Waals surface area contributed by atoms with Crippen LogP contribution < -0.4 is 21.7 Å². The molecule has 0 aromatic rings. The molecule has 0 atom stereocenters. The molecule has 0 rings (SSSR count). The summed E-state index contributed by atoms with van der Waals surface area (Å²) >= 11 is 0. The van der Waals surface area contributed by atoms with Crippen LogP contribution in [-0.4, -0.2) is 25.0 Å². The van der Waals surface area contributed by atoms with Gasteiger partial charge in [-0.25, -0.2) is 0 Å². The topological polar surface area (TPSA) is 132 Å². The third kappa shape index (κ3) is 43.2. The average molecular weight is 244 g/mol. The first-order chi connectivity index (χ1) is 4.54. The zero-order valence-electron chi connectivity index (χ0n) is 5.61.